The first-order valence-corrected chi connectivity index (χ1v) is 6.15. The summed E-state index contributed by atoms with van der Waals surface area (Å²) in [6.45, 7) is 0.231. The van der Waals surface area contributed by atoms with Crippen LogP contribution < -0.4 is 10.5 Å². The first kappa shape index (κ1) is 14.5. The van der Waals surface area contributed by atoms with Gasteiger partial charge in [-0.15, -0.1) is 0 Å². The Hall–Kier alpha value is -2.89. The Balaban J connectivity index is 2.08. The van der Waals surface area contributed by atoms with E-state index in [2.05, 4.69) is 9.72 Å². The molecule has 1 amide bonds. The number of methoxy groups -OCH3 is 1. The largest absolute Gasteiger partial charge is 0.487 e. The maximum atomic E-state index is 11.4. The predicted octanol–water partition coefficient (Wildman–Crippen LogP) is 1.55. The molecule has 0 aliphatic carbocycles. The maximum absolute atomic E-state index is 11.4. The van der Waals surface area contributed by atoms with Crippen LogP contribution in [0.3, 0.4) is 0 Å². The molecular formula is C15H14N2O4. The van der Waals surface area contributed by atoms with Gasteiger partial charge in [0.15, 0.2) is 0 Å². The Kier molecular flexibility index (Phi) is 4.50. The van der Waals surface area contributed by atoms with E-state index < -0.39 is 11.9 Å². The van der Waals surface area contributed by atoms with Crippen molar-refractivity contribution in [2.75, 3.05) is 7.11 Å². The third-order valence-corrected chi connectivity index (χ3v) is 2.75. The summed E-state index contributed by atoms with van der Waals surface area (Å²) >= 11 is 0. The van der Waals surface area contributed by atoms with Crippen LogP contribution in [0.2, 0.25) is 0 Å². The molecule has 0 bridgehead atoms. The van der Waals surface area contributed by atoms with Gasteiger partial charge >= 0.3 is 5.97 Å². The summed E-state index contributed by atoms with van der Waals surface area (Å²) in [5.41, 5.74) is 6.69. The molecule has 2 N–H and O–H groups in total. The van der Waals surface area contributed by atoms with Gasteiger partial charge in [-0.25, -0.2) is 4.79 Å². The molecule has 0 spiro atoms. The number of amides is 1. The number of esters is 1. The van der Waals surface area contributed by atoms with Gasteiger partial charge in [-0.3, -0.25) is 9.78 Å². The lowest BCUT2D eigenvalue weighted by Gasteiger charge is -2.07. The molecule has 0 atom stereocenters. The van der Waals surface area contributed by atoms with Crippen molar-refractivity contribution in [1.29, 1.82) is 0 Å². The summed E-state index contributed by atoms with van der Waals surface area (Å²) in [4.78, 5) is 26.4. The zero-order valence-electron chi connectivity index (χ0n) is 11.4. The van der Waals surface area contributed by atoms with Gasteiger partial charge in [-0.05, 0) is 23.8 Å². The number of hydrogen-bond donors (Lipinski definition) is 1. The summed E-state index contributed by atoms with van der Waals surface area (Å²) in [6.07, 6.45) is 2.85. The van der Waals surface area contributed by atoms with Crippen molar-refractivity contribution in [2.45, 2.75) is 6.61 Å². The summed E-state index contributed by atoms with van der Waals surface area (Å²) < 4.78 is 10.2. The molecular weight excluding hydrogens is 272 g/mol. The van der Waals surface area contributed by atoms with Crippen LogP contribution in [-0.4, -0.2) is 24.0 Å². The Morgan fingerprint density at radius 3 is 2.71 bits per heavy atom. The van der Waals surface area contributed by atoms with E-state index in [-0.39, 0.29) is 12.2 Å². The van der Waals surface area contributed by atoms with E-state index >= 15 is 0 Å². The van der Waals surface area contributed by atoms with Gasteiger partial charge in [0.05, 0.1) is 24.4 Å². The monoisotopic (exact) mass is 286 g/mol. The maximum Gasteiger partial charge on any atom is 0.337 e. The van der Waals surface area contributed by atoms with Crippen LogP contribution in [0.25, 0.3) is 0 Å². The van der Waals surface area contributed by atoms with Crippen LogP contribution in [0.4, 0.5) is 0 Å². The molecule has 1 heterocycles. The number of benzene rings is 1. The van der Waals surface area contributed by atoms with E-state index in [1.807, 2.05) is 6.07 Å². The fourth-order valence-electron chi connectivity index (χ4n) is 1.71. The van der Waals surface area contributed by atoms with Gasteiger partial charge in [0.1, 0.15) is 12.4 Å². The number of hydrogen-bond acceptors (Lipinski definition) is 5. The molecule has 0 fully saturated rings. The van der Waals surface area contributed by atoms with E-state index in [0.29, 0.717) is 11.3 Å². The number of rotatable bonds is 5. The molecule has 1 aromatic carbocycles. The van der Waals surface area contributed by atoms with Gasteiger partial charge in [0.25, 0.3) is 0 Å². The Morgan fingerprint density at radius 2 is 2.00 bits per heavy atom. The fourth-order valence-corrected chi connectivity index (χ4v) is 1.71. The average molecular weight is 286 g/mol. The molecule has 21 heavy (non-hydrogen) atoms. The molecule has 2 rings (SSSR count). The molecule has 0 aliphatic rings. The smallest absolute Gasteiger partial charge is 0.337 e. The normalized spacial score (nSPS) is 9.95. The van der Waals surface area contributed by atoms with Crippen molar-refractivity contribution in [3.05, 3.63) is 59.4 Å². The highest BCUT2D eigenvalue weighted by molar-refractivity contribution is 5.92. The number of ether oxygens (including phenoxy) is 2. The second-order valence-electron chi connectivity index (χ2n) is 4.25. The zero-order chi connectivity index (χ0) is 15.2. The van der Waals surface area contributed by atoms with Crippen LogP contribution in [0.15, 0.2) is 42.7 Å². The third kappa shape index (κ3) is 3.79. The van der Waals surface area contributed by atoms with Gasteiger partial charge < -0.3 is 15.2 Å². The van der Waals surface area contributed by atoms with E-state index in [1.54, 1.807) is 18.2 Å². The van der Waals surface area contributed by atoms with Crippen molar-refractivity contribution < 1.29 is 19.1 Å². The molecule has 108 valence electrons. The van der Waals surface area contributed by atoms with Crippen molar-refractivity contribution in [2.24, 2.45) is 5.73 Å². The van der Waals surface area contributed by atoms with Gasteiger partial charge in [0, 0.05) is 6.20 Å². The van der Waals surface area contributed by atoms with E-state index in [1.165, 1.54) is 25.6 Å². The number of primary amides is 1. The number of carbonyl (C=O) groups is 2. The highest BCUT2D eigenvalue weighted by atomic mass is 16.5. The SMILES string of the molecule is COC(=O)c1cccc(COc2cncc(C(N)=O)c2)c1. The van der Waals surface area contributed by atoms with Crippen LogP contribution in [0.1, 0.15) is 26.3 Å². The van der Waals surface area contributed by atoms with Crippen molar-refractivity contribution in [3.63, 3.8) is 0 Å². The number of nitrogens with zero attached hydrogens (tertiary/aromatic N) is 1. The molecule has 2 aromatic rings. The molecule has 6 nitrogen and oxygen atoms in total. The van der Waals surface area contributed by atoms with E-state index in [0.717, 1.165) is 5.56 Å². The highest BCUT2D eigenvalue weighted by Gasteiger charge is 2.07. The van der Waals surface area contributed by atoms with Gasteiger partial charge in [0.2, 0.25) is 5.91 Å². The molecule has 0 saturated heterocycles. The second-order valence-corrected chi connectivity index (χ2v) is 4.25. The average Bonchev–Trinajstić information content (AvgIpc) is 2.52. The standard InChI is InChI=1S/C15H14N2O4/c1-20-15(19)11-4-2-3-10(5-11)9-21-13-6-12(14(16)18)7-17-8-13/h2-8H,9H2,1H3,(H2,16,18). The van der Waals surface area contributed by atoms with E-state index in [4.69, 9.17) is 10.5 Å². The Labute approximate surface area is 121 Å². The van der Waals surface area contributed by atoms with Crippen molar-refractivity contribution in [1.82, 2.24) is 4.98 Å². The van der Waals surface area contributed by atoms with Crippen LogP contribution >= 0.6 is 0 Å². The topological polar surface area (TPSA) is 91.5 Å². The summed E-state index contributed by atoms with van der Waals surface area (Å²) in [5, 5.41) is 0. The lowest BCUT2D eigenvalue weighted by atomic mass is 10.1. The molecule has 1 aromatic heterocycles. The highest BCUT2D eigenvalue weighted by Crippen LogP contribution is 2.14. The fraction of sp³-hybridized carbons (Fsp3) is 0.133. The minimum Gasteiger partial charge on any atom is -0.487 e. The Morgan fingerprint density at radius 1 is 1.19 bits per heavy atom. The second kappa shape index (κ2) is 6.51. The minimum absolute atomic E-state index is 0.231. The summed E-state index contributed by atoms with van der Waals surface area (Å²) in [5.74, 6) is -0.551. The number of nitrogens with two attached hydrogens (primary N) is 1. The molecule has 0 unspecified atom stereocenters. The quantitative estimate of drug-likeness (QED) is 0.842. The molecule has 0 saturated carbocycles. The first-order valence-electron chi connectivity index (χ1n) is 6.15. The number of pyridine rings is 1. The summed E-state index contributed by atoms with van der Waals surface area (Å²) in [6, 6.07) is 8.40. The van der Waals surface area contributed by atoms with Crippen LogP contribution in [0.5, 0.6) is 5.75 Å². The molecule has 0 aliphatic heterocycles. The van der Waals surface area contributed by atoms with Crippen LogP contribution in [0, 0.1) is 0 Å². The number of aromatic nitrogens is 1. The zero-order valence-corrected chi connectivity index (χ0v) is 11.4. The van der Waals surface area contributed by atoms with E-state index in [9.17, 15) is 9.59 Å². The summed E-state index contributed by atoms with van der Waals surface area (Å²) in [7, 11) is 1.33. The first-order chi connectivity index (χ1) is 10.1. The van der Waals surface area contributed by atoms with Gasteiger partial charge in [-0.1, -0.05) is 12.1 Å². The molecule has 0 radical (unpaired) electrons. The predicted molar refractivity (Wildman–Crippen MR) is 74.9 cm³/mol. The lowest BCUT2D eigenvalue weighted by Crippen LogP contribution is -2.11. The van der Waals surface area contributed by atoms with Crippen molar-refractivity contribution in [3.8, 4) is 5.75 Å². The van der Waals surface area contributed by atoms with Crippen molar-refractivity contribution >= 4 is 11.9 Å². The van der Waals surface area contributed by atoms with Gasteiger partial charge in [-0.2, -0.15) is 0 Å². The lowest BCUT2D eigenvalue weighted by molar-refractivity contribution is 0.0600. The minimum atomic E-state index is -0.569. The number of carbonyl (C=O) groups excluding carboxylic acids is 2. The third-order valence-electron chi connectivity index (χ3n) is 2.75. The molecule has 6 heteroatoms. The van der Waals surface area contributed by atoms with Crippen LogP contribution in [-0.2, 0) is 11.3 Å². The Bertz CT molecular complexity index is 670.